The molecule has 0 spiro atoms. The number of nitrogens with two attached hydrogens (primary N) is 1. The van der Waals surface area contributed by atoms with Crippen molar-refractivity contribution in [1.29, 1.82) is 0 Å². The van der Waals surface area contributed by atoms with E-state index in [0.717, 1.165) is 6.92 Å². The van der Waals surface area contributed by atoms with Crippen molar-refractivity contribution in [1.82, 2.24) is 41.9 Å². The van der Waals surface area contributed by atoms with Crippen molar-refractivity contribution >= 4 is 47.4 Å². The number of benzene rings is 1. The summed E-state index contributed by atoms with van der Waals surface area (Å²) in [6.07, 6.45) is -2.81. The maximum Gasteiger partial charge on any atom is 0.328 e. The number of carbonyl (C=O) groups excluding carboxylic acids is 6. The lowest BCUT2D eigenvalue weighted by molar-refractivity contribution is -0.146. The van der Waals surface area contributed by atoms with Gasteiger partial charge in [0.1, 0.15) is 36.3 Å². The molecule has 14 N–H and O–H groups in total. The number of imidazole rings is 1. The molecular weight excluding hydrogens is 778 g/mol. The standard InChI is InChI=1S/C37H55N9O13/c1-6-17(2)28(35(56)43-25(14-26(50)51)33(54)46-30(20(5)49)37(58)59)44-32(53)23(12-21-10-8-7-9-11-21)41-31(52)24(13-22-15-39-16-40-22)42-36(57)29(19(4)48)45-34(55)27(38)18(3)47/h7-11,15-20,23-25,27-30,47-49H,6,12-14,38H2,1-5H3,(H,39,40)(H,41,52)(H,42,57)(H,43,56)(H,44,53)(H,45,55)(H,46,54)(H,50,51)(H,58,59)/t17-,18+,19+,20+,23-,24-,25-,27-,28-,29-,30-/m0/s1. The molecular formula is C37H55N9O13. The molecule has 1 aromatic carbocycles. The predicted molar refractivity (Wildman–Crippen MR) is 206 cm³/mol. The smallest absolute Gasteiger partial charge is 0.328 e. The van der Waals surface area contributed by atoms with Gasteiger partial charge in [0.15, 0.2) is 6.04 Å². The minimum atomic E-state index is -1.84. The number of aliphatic carboxylic acids is 2. The van der Waals surface area contributed by atoms with Crippen LogP contribution in [0.4, 0.5) is 0 Å². The number of amides is 6. The molecule has 0 aliphatic heterocycles. The molecule has 22 nitrogen and oxygen atoms in total. The molecule has 0 radical (unpaired) electrons. The highest BCUT2D eigenvalue weighted by Crippen LogP contribution is 2.12. The van der Waals surface area contributed by atoms with Crippen LogP contribution in [0.1, 0.15) is 58.7 Å². The zero-order valence-corrected chi connectivity index (χ0v) is 33.2. The number of H-pyrrole nitrogens is 1. The summed E-state index contributed by atoms with van der Waals surface area (Å²) in [7, 11) is 0. The van der Waals surface area contributed by atoms with E-state index < -0.39 is 120 Å². The third kappa shape index (κ3) is 15.7. The highest BCUT2D eigenvalue weighted by molar-refractivity contribution is 5.98. The largest absolute Gasteiger partial charge is 0.481 e. The lowest BCUT2D eigenvalue weighted by Crippen LogP contribution is -2.62. The van der Waals surface area contributed by atoms with Gasteiger partial charge >= 0.3 is 11.9 Å². The summed E-state index contributed by atoms with van der Waals surface area (Å²) in [5.74, 6) is -9.88. The van der Waals surface area contributed by atoms with Gasteiger partial charge < -0.3 is 68.2 Å². The molecule has 2 rings (SSSR count). The monoisotopic (exact) mass is 833 g/mol. The van der Waals surface area contributed by atoms with Gasteiger partial charge in [-0.05, 0) is 32.3 Å². The minimum absolute atomic E-state index is 0.151. The number of rotatable bonds is 24. The molecule has 0 aliphatic rings. The molecule has 0 saturated carbocycles. The van der Waals surface area contributed by atoms with E-state index in [1.54, 1.807) is 44.2 Å². The van der Waals surface area contributed by atoms with Gasteiger partial charge in [0.05, 0.1) is 31.1 Å². The minimum Gasteiger partial charge on any atom is -0.481 e. The first-order valence-electron chi connectivity index (χ1n) is 18.7. The van der Waals surface area contributed by atoms with E-state index in [4.69, 9.17) is 5.73 Å². The maximum atomic E-state index is 14.1. The topological polar surface area (TPSA) is 365 Å². The zero-order valence-electron chi connectivity index (χ0n) is 33.2. The Morgan fingerprint density at radius 2 is 1.14 bits per heavy atom. The van der Waals surface area contributed by atoms with Crippen molar-refractivity contribution in [3.05, 3.63) is 54.1 Å². The quantitative estimate of drug-likeness (QED) is 0.0482. The SMILES string of the molecule is CC[C@H](C)[C@H](NC(=O)[C@H](Cc1ccccc1)NC(=O)[C@H](Cc1cnc[nH]1)NC(=O)[C@@H](NC(=O)[C@@H](N)[C@@H](C)O)[C@@H](C)O)C(=O)N[C@@H](CC(=O)O)C(=O)N[C@H](C(=O)O)[C@@H](C)O. The van der Waals surface area contributed by atoms with E-state index in [1.807, 2.05) is 5.32 Å². The summed E-state index contributed by atoms with van der Waals surface area (Å²) < 4.78 is 0. The zero-order chi connectivity index (χ0) is 44.6. The van der Waals surface area contributed by atoms with Gasteiger partial charge in [0, 0.05) is 24.7 Å². The van der Waals surface area contributed by atoms with Crippen LogP contribution in [-0.4, -0.2) is 143 Å². The van der Waals surface area contributed by atoms with E-state index in [1.165, 1.54) is 26.4 Å². The van der Waals surface area contributed by atoms with E-state index in [9.17, 15) is 63.9 Å². The molecule has 0 fully saturated rings. The van der Waals surface area contributed by atoms with Crippen LogP contribution in [0, 0.1) is 5.92 Å². The number of aliphatic hydroxyl groups is 3. The lowest BCUT2D eigenvalue weighted by Gasteiger charge is -2.29. The van der Waals surface area contributed by atoms with Crippen LogP contribution in [0.2, 0.25) is 0 Å². The highest BCUT2D eigenvalue weighted by Gasteiger charge is 2.37. The number of aliphatic hydroxyl groups excluding tert-OH is 3. The Balaban J connectivity index is 2.46. The fourth-order valence-corrected chi connectivity index (χ4v) is 5.54. The van der Waals surface area contributed by atoms with Crippen LogP contribution in [-0.2, 0) is 51.2 Å². The third-order valence-corrected chi connectivity index (χ3v) is 9.26. The van der Waals surface area contributed by atoms with Gasteiger partial charge in [0.2, 0.25) is 35.4 Å². The van der Waals surface area contributed by atoms with Gasteiger partial charge in [0.25, 0.3) is 0 Å². The fraction of sp³-hybridized carbons (Fsp3) is 0.541. The number of nitrogens with zero attached hydrogens (tertiary/aromatic N) is 1. The molecule has 11 atom stereocenters. The van der Waals surface area contributed by atoms with E-state index in [0.29, 0.717) is 11.3 Å². The number of aromatic amines is 1. The third-order valence-electron chi connectivity index (χ3n) is 9.26. The molecule has 0 bridgehead atoms. The summed E-state index contributed by atoms with van der Waals surface area (Å²) in [4.78, 5) is 111. The van der Waals surface area contributed by atoms with Crippen LogP contribution < -0.4 is 37.6 Å². The summed E-state index contributed by atoms with van der Waals surface area (Å²) in [6.45, 7) is 6.80. The Morgan fingerprint density at radius 3 is 1.64 bits per heavy atom. The van der Waals surface area contributed by atoms with Gasteiger partial charge in [-0.1, -0.05) is 50.6 Å². The van der Waals surface area contributed by atoms with E-state index in [2.05, 4.69) is 36.6 Å². The van der Waals surface area contributed by atoms with Crippen molar-refractivity contribution in [2.75, 3.05) is 0 Å². The summed E-state index contributed by atoms with van der Waals surface area (Å²) in [5.41, 5.74) is 6.60. The Bertz CT molecular complexity index is 1740. The second kappa shape index (κ2) is 23.4. The molecule has 1 heterocycles. The molecule has 326 valence electrons. The van der Waals surface area contributed by atoms with Gasteiger partial charge in [-0.25, -0.2) is 9.78 Å². The molecule has 6 amide bonds. The van der Waals surface area contributed by atoms with Crippen LogP contribution in [0.3, 0.4) is 0 Å². The Kier molecular flexibility index (Phi) is 19.5. The Hall–Kier alpha value is -5.97. The number of aromatic nitrogens is 2. The van der Waals surface area contributed by atoms with E-state index in [-0.39, 0.29) is 19.3 Å². The first kappa shape index (κ1) is 49.2. The van der Waals surface area contributed by atoms with Gasteiger partial charge in [-0.2, -0.15) is 0 Å². The average Bonchev–Trinajstić information content (AvgIpc) is 3.69. The summed E-state index contributed by atoms with van der Waals surface area (Å²) >= 11 is 0. The van der Waals surface area contributed by atoms with Crippen molar-refractivity contribution in [3.63, 3.8) is 0 Å². The first-order valence-corrected chi connectivity index (χ1v) is 18.7. The van der Waals surface area contributed by atoms with Crippen molar-refractivity contribution in [3.8, 4) is 0 Å². The molecule has 59 heavy (non-hydrogen) atoms. The Morgan fingerprint density at radius 1 is 0.644 bits per heavy atom. The molecule has 0 saturated heterocycles. The lowest BCUT2D eigenvalue weighted by atomic mass is 9.96. The predicted octanol–water partition coefficient (Wildman–Crippen LogP) is -3.82. The summed E-state index contributed by atoms with van der Waals surface area (Å²) in [6, 6.07) is -2.74. The number of nitrogens with one attached hydrogen (secondary N) is 7. The van der Waals surface area contributed by atoms with Gasteiger partial charge in [-0.3, -0.25) is 33.6 Å². The van der Waals surface area contributed by atoms with Crippen LogP contribution in [0.15, 0.2) is 42.9 Å². The molecule has 1 aromatic heterocycles. The molecule has 22 heteroatoms. The Labute approximate surface area is 339 Å². The van der Waals surface area contributed by atoms with Crippen molar-refractivity contribution in [2.45, 2.75) is 121 Å². The van der Waals surface area contributed by atoms with Crippen molar-refractivity contribution < 1.29 is 63.9 Å². The van der Waals surface area contributed by atoms with Crippen LogP contribution in [0.25, 0.3) is 0 Å². The van der Waals surface area contributed by atoms with Gasteiger partial charge in [-0.15, -0.1) is 0 Å². The van der Waals surface area contributed by atoms with Crippen molar-refractivity contribution in [2.24, 2.45) is 11.7 Å². The second-order valence-electron chi connectivity index (χ2n) is 14.2. The fourth-order valence-electron chi connectivity index (χ4n) is 5.54. The first-order chi connectivity index (χ1) is 27.7. The number of carboxylic acid groups (broad SMARTS) is 2. The van der Waals surface area contributed by atoms with E-state index >= 15 is 0 Å². The number of hydrogen-bond donors (Lipinski definition) is 13. The highest BCUT2D eigenvalue weighted by atomic mass is 16.4. The molecule has 0 unspecified atom stereocenters. The van der Waals surface area contributed by atoms with Crippen LogP contribution in [0.5, 0.6) is 0 Å². The number of carboxylic acids is 2. The average molecular weight is 834 g/mol. The normalized spacial score (nSPS) is 16.8. The van der Waals surface area contributed by atoms with Crippen LogP contribution >= 0.6 is 0 Å². The molecule has 0 aliphatic carbocycles. The second-order valence-corrected chi connectivity index (χ2v) is 14.2. The number of carbonyl (C=O) groups is 8. The number of hydrogen-bond acceptors (Lipinski definition) is 13. The maximum absolute atomic E-state index is 14.1. The molecule has 2 aromatic rings. The summed E-state index contributed by atoms with van der Waals surface area (Å²) in [5, 5.41) is 62.9.